The van der Waals surface area contributed by atoms with Gasteiger partial charge >= 0.3 is 0 Å². The first-order chi connectivity index (χ1) is 8.99. The molecule has 0 aliphatic rings. The Morgan fingerprint density at radius 2 is 2.05 bits per heavy atom. The smallest absolute Gasteiger partial charge is 0.251 e. The molecule has 1 heterocycles. The van der Waals surface area contributed by atoms with Gasteiger partial charge in [0, 0.05) is 30.4 Å². The summed E-state index contributed by atoms with van der Waals surface area (Å²) < 4.78 is 1.80. The molecule has 1 amide bonds. The van der Waals surface area contributed by atoms with Crippen molar-refractivity contribution in [3.8, 4) is 0 Å². The average molecular weight is 257 g/mol. The normalized spacial score (nSPS) is 10.5. The van der Waals surface area contributed by atoms with Gasteiger partial charge in [-0.1, -0.05) is 17.7 Å². The van der Waals surface area contributed by atoms with Crippen molar-refractivity contribution in [3.63, 3.8) is 0 Å². The highest BCUT2D eigenvalue weighted by molar-refractivity contribution is 5.95. The summed E-state index contributed by atoms with van der Waals surface area (Å²) in [5, 5.41) is 7.11. The minimum Gasteiger partial charge on any atom is -0.348 e. The van der Waals surface area contributed by atoms with Crippen LogP contribution < -0.4 is 5.32 Å². The maximum atomic E-state index is 12.2. The number of hydrogen-bond donors (Lipinski definition) is 1. The van der Waals surface area contributed by atoms with Gasteiger partial charge in [0.25, 0.3) is 5.91 Å². The molecule has 0 aliphatic carbocycles. The molecule has 1 aromatic carbocycles. The Morgan fingerprint density at radius 1 is 1.32 bits per heavy atom. The number of amides is 1. The maximum absolute atomic E-state index is 12.2. The predicted molar refractivity (Wildman–Crippen MR) is 75.0 cm³/mol. The van der Waals surface area contributed by atoms with E-state index in [1.165, 1.54) is 0 Å². The minimum atomic E-state index is -0.0375. The molecule has 2 rings (SSSR count). The predicted octanol–water partition coefficient (Wildman–Crippen LogP) is 2.28. The zero-order valence-electron chi connectivity index (χ0n) is 11.8. The highest BCUT2D eigenvalue weighted by Gasteiger charge is 2.10. The summed E-state index contributed by atoms with van der Waals surface area (Å²) in [6.07, 6.45) is 1.79. The van der Waals surface area contributed by atoms with Gasteiger partial charge in [-0.15, -0.1) is 0 Å². The van der Waals surface area contributed by atoms with E-state index in [9.17, 15) is 4.79 Å². The number of nitrogens with one attached hydrogen (secondary N) is 1. The number of rotatable bonds is 3. The number of nitrogens with zero attached hydrogens (tertiary/aromatic N) is 2. The average Bonchev–Trinajstić information content (AvgIpc) is 2.70. The molecule has 0 aliphatic heterocycles. The van der Waals surface area contributed by atoms with Crippen LogP contribution in [0.4, 0.5) is 0 Å². The molecule has 0 saturated carbocycles. The second kappa shape index (κ2) is 5.26. The Bertz CT molecular complexity index is 614. The molecule has 0 radical (unpaired) electrons. The summed E-state index contributed by atoms with van der Waals surface area (Å²) in [4.78, 5) is 12.2. The van der Waals surface area contributed by atoms with Crippen LogP contribution in [0.1, 0.15) is 32.7 Å². The molecule has 0 fully saturated rings. The van der Waals surface area contributed by atoms with Crippen molar-refractivity contribution in [2.75, 3.05) is 0 Å². The van der Waals surface area contributed by atoms with Crippen LogP contribution in [0.5, 0.6) is 0 Å². The lowest BCUT2D eigenvalue weighted by Crippen LogP contribution is -2.24. The van der Waals surface area contributed by atoms with Crippen molar-refractivity contribution in [1.82, 2.24) is 15.1 Å². The lowest BCUT2D eigenvalue weighted by atomic mass is 10.1. The van der Waals surface area contributed by atoms with E-state index in [1.54, 1.807) is 10.9 Å². The first-order valence-corrected chi connectivity index (χ1v) is 6.32. The molecule has 0 saturated heterocycles. The Labute approximate surface area is 113 Å². The van der Waals surface area contributed by atoms with Crippen molar-refractivity contribution >= 4 is 5.91 Å². The van der Waals surface area contributed by atoms with Gasteiger partial charge in [-0.25, -0.2) is 0 Å². The molecule has 2 aromatic rings. The summed E-state index contributed by atoms with van der Waals surface area (Å²) in [6, 6.07) is 5.90. The summed E-state index contributed by atoms with van der Waals surface area (Å²) in [7, 11) is 1.89. The molecule has 19 heavy (non-hydrogen) atoms. The van der Waals surface area contributed by atoms with Gasteiger partial charge < -0.3 is 5.32 Å². The van der Waals surface area contributed by atoms with Crippen LogP contribution in [0.2, 0.25) is 0 Å². The highest BCUT2D eigenvalue weighted by Crippen LogP contribution is 2.11. The van der Waals surface area contributed by atoms with Crippen LogP contribution in [-0.4, -0.2) is 15.7 Å². The van der Waals surface area contributed by atoms with Gasteiger partial charge in [0.15, 0.2) is 0 Å². The van der Waals surface area contributed by atoms with Crippen LogP contribution in [0.3, 0.4) is 0 Å². The lowest BCUT2D eigenvalue weighted by Gasteiger charge is -2.08. The van der Waals surface area contributed by atoms with E-state index in [2.05, 4.69) is 10.4 Å². The Balaban J connectivity index is 2.09. The quantitative estimate of drug-likeness (QED) is 0.917. The second-order valence-corrected chi connectivity index (χ2v) is 4.88. The van der Waals surface area contributed by atoms with Crippen molar-refractivity contribution in [1.29, 1.82) is 0 Å². The first-order valence-electron chi connectivity index (χ1n) is 6.32. The monoisotopic (exact) mass is 257 g/mol. The van der Waals surface area contributed by atoms with Crippen LogP contribution in [-0.2, 0) is 13.6 Å². The Kier molecular flexibility index (Phi) is 3.69. The standard InChI is InChI=1S/C15H19N3O/c1-10-5-6-11(2)14(7-10)15(19)16-8-13-9-17-18(4)12(13)3/h5-7,9H,8H2,1-4H3,(H,16,19). The summed E-state index contributed by atoms with van der Waals surface area (Å²) in [5.74, 6) is -0.0375. The number of carbonyl (C=O) groups is 1. The van der Waals surface area contributed by atoms with E-state index in [-0.39, 0.29) is 5.91 Å². The van der Waals surface area contributed by atoms with Gasteiger partial charge in [-0.3, -0.25) is 9.48 Å². The fourth-order valence-electron chi connectivity index (χ4n) is 1.97. The molecule has 0 atom stereocenters. The summed E-state index contributed by atoms with van der Waals surface area (Å²) in [6.45, 7) is 6.43. The zero-order chi connectivity index (χ0) is 14.0. The van der Waals surface area contributed by atoms with Crippen LogP contribution in [0.15, 0.2) is 24.4 Å². The van der Waals surface area contributed by atoms with Crippen LogP contribution in [0, 0.1) is 20.8 Å². The van der Waals surface area contributed by atoms with Gasteiger partial charge in [-0.05, 0) is 32.4 Å². The van der Waals surface area contributed by atoms with Crippen molar-refractivity contribution in [2.45, 2.75) is 27.3 Å². The Morgan fingerprint density at radius 3 is 2.68 bits per heavy atom. The van der Waals surface area contributed by atoms with Gasteiger partial charge in [0.2, 0.25) is 0 Å². The van der Waals surface area contributed by atoms with Gasteiger partial charge in [0.05, 0.1) is 6.20 Å². The van der Waals surface area contributed by atoms with Crippen molar-refractivity contribution in [2.24, 2.45) is 7.05 Å². The van der Waals surface area contributed by atoms with E-state index in [4.69, 9.17) is 0 Å². The molecule has 4 nitrogen and oxygen atoms in total. The molecule has 0 unspecified atom stereocenters. The van der Waals surface area contributed by atoms with Crippen molar-refractivity contribution < 1.29 is 4.79 Å². The number of aryl methyl sites for hydroxylation is 3. The number of benzene rings is 1. The number of aromatic nitrogens is 2. The number of hydrogen-bond acceptors (Lipinski definition) is 2. The van der Waals surface area contributed by atoms with E-state index in [1.807, 2.05) is 46.0 Å². The third-order valence-electron chi connectivity index (χ3n) is 3.41. The first kappa shape index (κ1) is 13.3. The van der Waals surface area contributed by atoms with Gasteiger partial charge in [-0.2, -0.15) is 5.10 Å². The molecule has 0 spiro atoms. The largest absolute Gasteiger partial charge is 0.348 e. The summed E-state index contributed by atoms with van der Waals surface area (Å²) in [5.41, 5.74) is 4.93. The molecule has 1 N–H and O–H groups in total. The fourth-order valence-corrected chi connectivity index (χ4v) is 1.97. The Hall–Kier alpha value is -2.10. The topological polar surface area (TPSA) is 46.9 Å². The SMILES string of the molecule is Cc1ccc(C)c(C(=O)NCc2cnn(C)c2C)c1. The fraction of sp³-hybridized carbons (Fsp3) is 0.333. The third kappa shape index (κ3) is 2.84. The van der Waals surface area contributed by atoms with Gasteiger partial charge in [0.1, 0.15) is 0 Å². The molecule has 100 valence electrons. The number of carbonyl (C=O) groups excluding carboxylic acids is 1. The summed E-state index contributed by atoms with van der Waals surface area (Å²) >= 11 is 0. The zero-order valence-corrected chi connectivity index (χ0v) is 11.8. The van der Waals surface area contributed by atoms with Crippen molar-refractivity contribution in [3.05, 3.63) is 52.3 Å². The highest BCUT2D eigenvalue weighted by atomic mass is 16.1. The van der Waals surface area contributed by atoms with E-state index >= 15 is 0 Å². The molecule has 0 bridgehead atoms. The molecular formula is C15H19N3O. The maximum Gasteiger partial charge on any atom is 0.251 e. The minimum absolute atomic E-state index is 0.0375. The molecule has 4 heteroatoms. The lowest BCUT2D eigenvalue weighted by molar-refractivity contribution is 0.0950. The van der Waals surface area contributed by atoms with E-state index in [0.29, 0.717) is 6.54 Å². The van der Waals surface area contributed by atoms with E-state index < -0.39 is 0 Å². The van der Waals surface area contributed by atoms with Crippen LogP contribution >= 0.6 is 0 Å². The van der Waals surface area contributed by atoms with Crippen LogP contribution in [0.25, 0.3) is 0 Å². The third-order valence-corrected chi connectivity index (χ3v) is 3.41. The van der Waals surface area contributed by atoms with E-state index in [0.717, 1.165) is 27.9 Å². The molecule has 1 aromatic heterocycles. The molecular weight excluding hydrogens is 238 g/mol. The second-order valence-electron chi connectivity index (χ2n) is 4.88.